The number of carboxylic acids is 1. The molecule has 5 rings (SSSR count). The van der Waals surface area contributed by atoms with Gasteiger partial charge in [-0.1, -0.05) is 11.2 Å². The highest BCUT2D eigenvalue weighted by molar-refractivity contribution is 8.00. The number of carboxylic acid groups (broad SMARTS) is 1. The Morgan fingerprint density at radius 1 is 1.32 bits per heavy atom. The summed E-state index contributed by atoms with van der Waals surface area (Å²) >= 11 is 2.45. The molecule has 37 heavy (non-hydrogen) atoms. The predicted octanol–water partition coefficient (Wildman–Crippen LogP) is -0.939. The molecule has 192 valence electrons. The standard InChI is InChI=1S/C22H21N7O6S2/c23-22-25-12(10-37-22)14(27-35-13-4-5-24-17(13)30)18(31)26-15-19(32)29-16(21(33)34)11(9-36-20(15)29)8-28-6-2-1-3-7-28/h1-3,6-7,10,13,15,20H,4-5,8-9H2,(H4-,23,24,25,26,30,31,33,34)/p+1/b27-14-/t13-,15-,20+/m1/s1. The Morgan fingerprint density at radius 3 is 2.76 bits per heavy atom. The fraction of sp³-hybridized carbons (Fsp3) is 0.318. The third-order valence-corrected chi connectivity index (χ3v) is 7.95. The van der Waals surface area contributed by atoms with Gasteiger partial charge < -0.3 is 26.3 Å². The molecule has 0 bridgehead atoms. The number of β-lactam (4-membered cyclic amide) rings is 1. The smallest absolute Gasteiger partial charge is 0.352 e. The van der Waals surface area contributed by atoms with Gasteiger partial charge >= 0.3 is 5.97 Å². The molecule has 5 heterocycles. The molecule has 2 aromatic heterocycles. The minimum Gasteiger partial charge on any atom is -0.477 e. The molecule has 3 atom stereocenters. The number of amides is 3. The van der Waals surface area contributed by atoms with E-state index in [2.05, 4.69) is 20.8 Å². The van der Waals surface area contributed by atoms with Gasteiger partial charge in [0, 0.05) is 41.8 Å². The van der Waals surface area contributed by atoms with Crippen molar-refractivity contribution in [1.82, 2.24) is 20.5 Å². The van der Waals surface area contributed by atoms with Gasteiger partial charge in [0.1, 0.15) is 22.8 Å². The van der Waals surface area contributed by atoms with Crippen LogP contribution in [0, 0.1) is 0 Å². The summed E-state index contributed by atoms with van der Waals surface area (Å²) in [5, 5.41) is 20.1. The summed E-state index contributed by atoms with van der Waals surface area (Å²) in [5.74, 6) is -2.49. The van der Waals surface area contributed by atoms with Gasteiger partial charge in [-0.15, -0.1) is 23.1 Å². The highest BCUT2D eigenvalue weighted by Crippen LogP contribution is 2.40. The molecule has 0 aliphatic carbocycles. The number of fused-ring (bicyclic) bond motifs is 1. The van der Waals surface area contributed by atoms with Crippen molar-refractivity contribution in [2.24, 2.45) is 5.16 Å². The third kappa shape index (κ3) is 4.86. The summed E-state index contributed by atoms with van der Waals surface area (Å²) in [6.07, 6.45) is 3.16. The van der Waals surface area contributed by atoms with Crippen LogP contribution in [-0.2, 0) is 30.6 Å². The zero-order valence-corrected chi connectivity index (χ0v) is 20.8. The minimum atomic E-state index is -1.21. The molecule has 15 heteroatoms. The lowest BCUT2D eigenvalue weighted by Gasteiger charge is -2.49. The zero-order chi connectivity index (χ0) is 26.1. The number of aromatic nitrogens is 2. The number of pyridine rings is 1. The van der Waals surface area contributed by atoms with E-state index in [1.807, 2.05) is 35.2 Å². The fourth-order valence-electron chi connectivity index (χ4n) is 4.16. The summed E-state index contributed by atoms with van der Waals surface area (Å²) < 4.78 is 1.83. The second-order valence-electron chi connectivity index (χ2n) is 8.35. The fourth-order valence-corrected chi connectivity index (χ4v) is 6.05. The summed E-state index contributed by atoms with van der Waals surface area (Å²) in [6.45, 7) is 0.747. The maximum absolute atomic E-state index is 13.2. The van der Waals surface area contributed by atoms with Crippen molar-refractivity contribution in [3.8, 4) is 0 Å². The van der Waals surface area contributed by atoms with Gasteiger partial charge in [0.2, 0.25) is 6.10 Å². The highest BCUT2D eigenvalue weighted by Gasteiger charge is 2.54. The van der Waals surface area contributed by atoms with E-state index < -0.39 is 35.3 Å². The van der Waals surface area contributed by atoms with Crippen molar-refractivity contribution < 1.29 is 33.7 Å². The van der Waals surface area contributed by atoms with Crippen LogP contribution in [0.3, 0.4) is 0 Å². The summed E-state index contributed by atoms with van der Waals surface area (Å²) in [4.78, 5) is 60.7. The maximum Gasteiger partial charge on any atom is 0.352 e. The molecule has 2 saturated heterocycles. The van der Waals surface area contributed by atoms with Gasteiger partial charge in [0.15, 0.2) is 29.8 Å². The minimum absolute atomic E-state index is 0.0765. The molecular weight excluding hydrogens is 522 g/mol. The van der Waals surface area contributed by atoms with E-state index in [-0.39, 0.29) is 28.1 Å². The quantitative estimate of drug-likeness (QED) is 0.141. The van der Waals surface area contributed by atoms with Crippen molar-refractivity contribution in [3.63, 3.8) is 0 Å². The van der Waals surface area contributed by atoms with Crippen LogP contribution >= 0.6 is 23.1 Å². The van der Waals surface area contributed by atoms with Crippen LogP contribution in [-0.4, -0.2) is 74.2 Å². The summed E-state index contributed by atoms with van der Waals surface area (Å²) in [6, 6.07) is 4.54. The SMILES string of the molecule is Nc1nc(/C(=N/O[C@@H]2CCNC2=O)C(=O)N[C@@H]2C(=O)N3C(C(=O)O)=C(C[n+]4ccccc4)CS[C@@H]23)cs1. The van der Waals surface area contributed by atoms with Crippen LogP contribution in [0.5, 0.6) is 0 Å². The normalized spacial score (nSPS) is 23.3. The Hall–Kier alpha value is -3.98. The van der Waals surface area contributed by atoms with Crippen molar-refractivity contribution in [2.75, 3.05) is 18.0 Å². The molecule has 2 aromatic rings. The molecule has 0 aromatic carbocycles. The molecule has 0 saturated carbocycles. The second kappa shape index (κ2) is 10.2. The topological polar surface area (TPSA) is 180 Å². The number of nitrogens with one attached hydrogen (secondary N) is 2. The number of anilines is 1. The first-order valence-electron chi connectivity index (χ1n) is 11.2. The number of nitrogens with two attached hydrogens (primary N) is 1. The van der Waals surface area contributed by atoms with Crippen molar-refractivity contribution in [1.29, 1.82) is 0 Å². The molecular formula is C22H22N7O6S2+. The van der Waals surface area contributed by atoms with Crippen LogP contribution in [0.2, 0.25) is 0 Å². The Labute approximate surface area is 218 Å². The molecule has 0 spiro atoms. The number of hydrogen-bond donors (Lipinski definition) is 4. The van der Waals surface area contributed by atoms with E-state index in [0.29, 0.717) is 30.8 Å². The van der Waals surface area contributed by atoms with E-state index in [9.17, 15) is 24.3 Å². The van der Waals surface area contributed by atoms with E-state index in [0.717, 1.165) is 11.3 Å². The highest BCUT2D eigenvalue weighted by atomic mass is 32.2. The van der Waals surface area contributed by atoms with Crippen LogP contribution in [0.15, 0.2) is 52.4 Å². The Balaban J connectivity index is 1.34. The number of nitrogens with zero attached hydrogens (tertiary/aromatic N) is 4. The van der Waals surface area contributed by atoms with Gasteiger partial charge in [-0.3, -0.25) is 19.3 Å². The average Bonchev–Trinajstić information content (AvgIpc) is 3.50. The van der Waals surface area contributed by atoms with Crippen LogP contribution in [0.1, 0.15) is 12.1 Å². The Morgan fingerprint density at radius 2 is 2.11 bits per heavy atom. The zero-order valence-electron chi connectivity index (χ0n) is 19.2. The van der Waals surface area contributed by atoms with Gasteiger partial charge in [-0.05, 0) is 0 Å². The number of rotatable bonds is 8. The second-order valence-corrected chi connectivity index (χ2v) is 10.3. The molecule has 0 radical (unpaired) electrons. The number of thiazole rings is 1. The lowest BCUT2D eigenvalue weighted by Crippen LogP contribution is -2.71. The molecule has 5 N–H and O–H groups in total. The molecule has 3 amide bonds. The number of hydrogen-bond acceptors (Lipinski definition) is 10. The molecule has 2 fully saturated rings. The molecule has 3 aliphatic heterocycles. The lowest BCUT2D eigenvalue weighted by molar-refractivity contribution is -0.689. The number of carbonyl (C=O) groups excluding carboxylic acids is 3. The first-order chi connectivity index (χ1) is 17.8. The number of thioether (sulfide) groups is 1. The first kappa shape index (κ1) is 24.7. The molecule has 0 unspecified atom stereocenters. The van der Waals surface area contributed by atoms with Crippen LogP contribution < -0.4 is 20.9 Å². The average molecular weight is 545 g/mol. The number of oxime groups is 1. The predicted molar refractivity (Wildman–Crippen MR) is 132 cm³/mol. The van der Waals surface area contributed by atoms with Crippen LogP contribution in [0.4, 0.5) is 5.13 Å². The number of carbonyl (C=O) groups is 4. The van der Waals surface area contributed by atoms with Gasteiger partial charge in [-0.25, -0.2) is 14.3 Å². The lowest BCUT2D eigenvalue weighted by atomic mass is 10.0. The molecule has 3 aliphatic rings. The van der Waals surface area contributed by atoms with Crippen molar-refractivity contribution in [2.45, 2.75) is 30.5 Å². The van der Waals surface area contributed by atoms with Crippen molar-refractivity contribution >= 4 is 57.6 Å². The Bertz CT molecular complexity index is 1330. The first-order valence-corrected chi connectivity index (χ1v) is 13.1. The van der Waals surface area contributed by atoms with E-state index in [4.69, 9.17) is 10.6 Å². The largest absolute Gasteiger partial charge is 0.477 e. The Kier molecular flexibility index (Phi) is 6.80. The van der Waals surface area contributed by atoms with Gasteiger partial charge in [-0.2, -0.15) is 0 Å². The maximum atomic E-state index is 13.2. The van der Waals surface area contributed by atoms with Gasteiger partial charge in [0.25, 0.3) is 17.7 Å². The van der Waals surface area contributed by atoms with Crippen LogP contribution in [0.25, 0.3) is 0 Å². The van der Waals surface area contributed by atoms with E-state index >= 15 is 0 Å². The monoisotopic (exact) mass is 544 g/mol. The summed E-state index contributed by atoms with van der Waals surface area (Å²) in [7, 11) is 0. The third-order valence-electron chi connectivity index (χ3n) is 5.94. The van der Waals surface area contributed by atoms with E-state index in [1.165, 1.54) is 22.0 Å². The number of nitrogen functional groups attached to an aromatic ring is 1. The summed E-state index contributed by atoms with van der Waals surface area (Å²) in [5.41, 5.74) is 6.11. The van der Waals surface area contributed by atoms with Gasteiger partial charge in [0.05, 0.1) is 0 Å². The molecule has 13 nitrogen and oxygen atoms in total. The number of aliphatic carboxylic acids is 1. The van der Waals surface area contributed by atoms with E-state index in [1.54, 1.807) is 0 Å². The van der Waals surface area contributed by atoms with Crippen molar-refractivity contribution in [3.05, 3.63) is 52.9 Å².